The second-order valence-corrected chi connectivity index (χ2v) is 7.85. The molecule has 0 unspecified atom stereocenters. The van der Waals surface area contributed by atoms with E-state index in [1.807, 2.05) is 0 Å². The fraction of sp³-hybridized carbons (Fsp3) is 0.933. The zero-order valence-corrected chi connectivity index (χ0v) is 11.5. The van der Waals surface area contributed by atoms with Crippen LogP contribution >= 0.6 is 11.8 Å². The summed E-state index contributed by atoms with van der Waals surface area (Å²) in [7, 11) is 0. The molecule has 3 aliphatic rings. The summed E-state index contributed by atoms with van der Waals surface area (Å²) in [5.74, 6) is 3.35. The van der Waals surface area contributed by atoms with E-state index in [4.69, 9.17) is 0 Å². The van der Waals surface area contributed by atoms with Gasteiger partial charge >= 0.3 is 0 Å². The SMILES string of the molecule is N#C[C@]1(CC2CC2)CC[C@H](SCC2CC2)CC1. The van der Waals surface area contributed by atoms with E-state index in [0.29, 0.717) is 0 Å². The van der Waals surface area contributed by atoms with E-state index in [-0.39, 0.29) is 5.41 Å². The maximum absolute atomic E-state index is 9.48. The highest BCUT2D eigenvalue weighted by atomic mass is 32.2. The van der Waals surface area contributed by atoms with E-state index in [2.05, 4.69) is 17.8 Å². The first kappa shape index (κ1) is 11.9. The minimum atomic E-state index is 0.0812. The molecule has 0 aromatic rings. The molecule has 0 aromatic carbocycles. The van der Waals surface area contributed by atoms with Crippen LogP contribution in [-0.4, -0.2) is 11.0 Å². The predicted molar refractivity (Wildman–Crippen MR) is 72.8 cm³/mol. The molecule has 3 rings (SSSR count). The van der Waals surface area contributed by atoms with E-state index in [9.17, 15) is 5.26 Å². The molecule has 0 spiro atoms. The Bertz CT molecular complexity index is 303. The summed E-state index contributed by atoms with van der Waals surface area (Å²) in [5.41, 5.74) is 0.0812. The normalized spacial score (nSPS) is 37.7. The van der Waals surface area contributed by atoms with Gasteiger partial charge in [-0.25, -0.2) is 0 Å². The molecule has 17 heavy (non-hydrogen) atoms. The molecule has 0 amide bonds. The molecule has 0 heterocycles. The van der Waals surface area contributed by atoms with Gasteiger partial charge in [-0.15, -0.1) is 0 Å². The first-order chi connectivity index (χ1) is 8.30. The van der Waals surface area contributed by atoms with Gasteiger partial charge < -0.3 is 0 Å². The highest BCUT2D eigenvalue weighted by Crippen LogP contribution is 2.49. The van der Waals surface area contributed by atoms with Crippen molar-refractivity contribution in [3.8, 4) is 6.07 Å². The largest absolute Gasteiger partial charge is 0.198 e. The van der Waals surface area contributed by atoms with Gasteiger partial charge in [-0.3, -0.25) is 0 Å². The minimum absolute atomic E-state index is 0.0812. The van der Waals surface area contributed by atoms with Crippen molar-refractivity contribution in [3.63, 3.8) is 0 Å². The van der Waals surface area contributed by atoms with Gasteiger partial charge in [-0.1, -0.05) is 12.8 Å². The first-order valence-corrected chi connectivity index (χ1v) is 8.37. The molecule has 3 saturated carbocycles. The summed E-state index contributed by atoms with van der Waals surface area (Å²) in [5, 5.41) is 10.3. The Hall–Kier alpha value is -0.160. The van der Waals surface area contributed by atoms with Gasteiger partial charge in [0.05, 0.1) is 11.5 Å². The van der Waals surface area contributed by atoms with E-state index in [1.54, 1.807) is 0 Å². The average molecular weight is 249 g/mol. The second-order valence-electron chi connectivity index (χ2n) is 6.52. The third-order valence-electron chi connectivity index (χ3n) is 4.77. The van der Waals surface area contributed by atoms with Crippen LogP contribution in [0.2, 0.25) is 0 Å². The summed E-state index contributed by atoms with van der Waals surface area (Å²) in [4.78, 5) is 0. The van der Waals surface area contributed by atoms with Gasteiger partial charge in [-0.05, 0) is 62.5 Å². The number of nitrogens with zero attached hydrogens (tertiary/aromatic N) is 1. The van der Waals surface area contributed by atoms with Crippen LogP contribution in [-0.2, 0) is 0 Å². The van der Waals surface area contributed by atoms with Crippen LogP contribution < -0.4 is 0 Å². The quantitative estimate of drug-likeness (QED) is 0.722. The van der Waals surface area contributed by atoms with Gasteiger partial charge in [0, 0.05) is 5.25 Å². The van der Waals surface area contributed by atoms with Crippen LogP contribution in [0.25, 0.3) is 0 Å². The Kier molecular flexibility index (Phi) is 3.39. The lowest BCUT2D eigenvalue weighted by Crippen LogP contribution is -2.28. The molecule has 0 aromatic heterocycles. The molecule has 0 aliphatic heterocycles. The van der Waals surface area contributed by atoms with Crippen molar-refractivity contribution in [1.29, 1.82) is 5.26 Å². The van der Waals surface area contributed by atoms with Crippen molar-refractivity contribution in [2.45, 2.75) is 63.0 Å². The topological polar surface area (TPSA) is 23.8 Å². The molecule has 1 nitrogen and oxygen atoms in total. The van der Waals surface area contributed by atoms with E-state index >= 15 is 0 Å². The Morgan fingerprint density at radius 3 is 2.18 bits per heavy atom. The van der Waals surface area contributed by atoms with Crippen LogP contribution in [0.5, 0.6) is 0 Å². The van der Waals surface area contributed by atoms with Crippen molar-refractivity contribution in [3.05, 3.63) is 0 Å². The molecule has 0 radical (unpaired) electrons. The van der Waals surface area contributed by atoms with Crippen molar-refractivity contribution in [2.75, 3.05) is 5.75 Å². The Balaban J connectivity index is 1.45. The fourth-order valence-electron chi connectivity index (χ4n) is 3.10. The van der Waals surface area contributed by atoms with Crippen LogP contribution in [0, 0.1) is 28.6 Å². The highest BCUT2D eigenvalue weighted by Gasteiger charge is 2.40. The van der Waals surface area contributed by atoms with Crippen molar-refractivity contribution in [2.24, 2.45) is 17.3 Å². The zero-order valence-electron chi connectivity index (χ0n) is 10.7. The first-order valence-electron chi connectivity index (χ1n) is 7.32. The predicted octanol–water partition coefficient (Wildman–Crippen LogP) is 4.38. The highest BCUT2D eigenvalue weighted by molar-refractivity contribution is 7.99. The van der Waals surface area contributed by atoms with Gasteiger partial charge in [-0.2, -0.15) is 17.0 Å². The lowest BCUT2D eigenvalue weighted by Gasteiger charge is -2.35. The lowest BCUT2D eigenvalue weighted by atomic mass is 9.72. The second kappa shape index (κ2) is 4.84. The summed E-state index contributed by atoms with van der Waals surface area (Å²) in [6, 6.07) is 2.68. The molecular weight excluding hydrogens is 226 g/mol. The molecule has 94 valence electrons. The smallest absolute Gasteiger partial charge is 0.0689 e. The molecule has 0 bridgehead atoms. The number of hydrogen-bond donors (Lipinski definition) is 0. The fourth-order valence-corrected chi connectivity index (χ4v) is 4.55. The zero-order chi connectivity index (χ0) is 11.7. The summed E-state index contributed by atoms with van der Waals surface area (Å²) >= 11 is 2.20. The third-order valence-corrected chi connectivity index (χ3v) is 6.37. The van der Waals surface area contributed by atoms with E-state index < -0.39 is 0 Å². The number of nitriles is 1. The monoisotopic (exact) mass is 249 g/mol. The van der Waals surface area contributed by atoms with Gasteiger partial charge in [0.25, 0.3) is 0 Å². The molecule has 2 heteroatoms. The van der Waals surface area contributed by atoms with E-state index in [1.165, 1.54) is 63.5 Å². The molecule has 3 aliphatic carbocycles. The number of thioether (sulfide) groups is 1. The number of rotatable bonds is 5. The molecular formula is C15H23NS. The van der Waals surface area contributed by atoms with Gasteiger partial charge in [0.2, 0.25) is 0 Å². The Morgan fingerprint density at radius 2 is 1.65 bits per heavy atom. The number of hydrogen-bond acceptors (Lipinski definition) is 2. The lowest BCUT2D eigenvalue weighted by molar-refractivity contribution is 0.241. The average Bonchev–Trinajstić information content (AvgIpc) is 3.23. The Labute approximate surface area is 109 Å². The van der Waals surface area contributed by atoms with Crippen LogP contribution in [0.3, 0.4) is 0 Å². The third kappa shape index (κ3) is 3.19. The van der Waals surface area contributed by atoms with Crippen LogP contribution in [0.1, 0.15) is 57.8 Å². The van der Waals surface area contributed by atoms with Gasteiger partial charge in [0.15, 0.2) is 0 Å². The standard InChI is InChI=1S/C15H23NS/c16-11-15(9-12-1-2-12)7-5-14(6-8-15)17-10-13-3-4-13/h12-14H,1-10H2/t14-,15+. The summed E-state index contributed by atoms with van der Waals surface area (Å²) in [6.07, 6.45) is 11.9. The van der Waals surface area contributed by atoms with Crippen LogP contribution in [0.4, 0.5) is 0 Å². The molecule has 0 atom stereocenters. The maximum Gasteiger partial charge on any atom is 0.0689 e. The van der Waals surface area contributed by atoms with Crippen molar-refractivity contribution in [1.82, 2.24) is 0 Å². The van der Waals surface area contributed by atoms with Crippen molar-refractivity contribution >= 4 is 11.8 Å². The van der Waals surface area contributed by atoms with Crippen LogP contribution in [0.15, 0.2) is 0 Å². The van der Waals surface area contributed by atoms with Gasteiger partial charge in [0.1, 0.15) is 0 Å². The summed E-state index contributed by atoms with van der Waals surface area (Å²) in [6.45, 7) is 0. The Morgan fingerprint density at radius 1 is 1.00 bits per heavy atom. The van der Waals surface area contributed by atoms with E-state index in [0.717, 1.165) is 17.1 Å². The minimum Gasteiger partial charge on any atom is -0.198 e. The maximum atomic E-state index is 9.48. The van der Waals surface area contributed by atoms with Crippen molar-refractivity contribution < 1.29 is 0 Å². The molecule has 0 N–H and O–H groups in total. The summed E-state index contributed by atoms with van der Waals surface area (Å²) < 4.78 is 0. The molecule has 3 fully saturated rings. The molecule has 0 saturated heterocycles.